The maximum atomic E-state index is 12.0. The summed E-state index contributed by atoms with van der Waals surface area (Å²) in [5.41, 5.74) is 3.84. The van der Waals surface area contributed by atoms with Crippen LogP contribution in [-0.2, 0) is 0 Å². The number of aromatic amines is 1. The molecule has 0 amide bonds. The molecule has 88 valence electrons. The molecule has 0 saturated carbocycles. The third-order valence-corrected chi connectivity index (χ3v) is 2.89. The molecule has 0 bridgehead atoms. The molecule has 0 spiro atoms. The zero-order valence-electron chi connectivity index (χ0n) is 9.97. The van der Waals surface area contributed by atoms with Gasteiger partial charge in [0.25, 0.3) is 5.56 Å². The van der Waals surface area contributed by atoms with Crippen LogP contribution < -0.4 is 5.56 Å². The van der Waals surface area contributed by atoms with E-state index in [2.05, 4.69) is 9.97 Å². The highest BCUT2D eigenvalue weighted by Gasteiger charge is 2.06. The lowest BCUT2D eigenvalue weighted by Gasteiger charge is -2.03. The number of nitrogens with zero attached hydrogens (tertiary/aromatic N) is 1. The van der Waals surface area contributed by atoms with E-state index in [0.717, 1.165) is 22.2 Å². The first-order valence-electron chi connectivity index (χ1n) is 5.80. The van der Waals surface area contributed by atoms with Gasteiger partial charge in [-0.2, -0.15) is 0 Å². The Labute approximate surface area is 104 Å². The van der Waals surface area contributed by atoms with Gasteiger partial charge in [-0.05, 0) is 25.1 Å². The van der Waals surface area contributed by atoms with E-state index in [9.17, 15) is 4.79 Å². The average Bonchev–Trinajstić information content (AvgIpc) is 2.38. The maximum Gasteiger partial charge on any atom is 0.274 e. The van der Waals surface area contributed by atoms with Crippen molar-refractivity contribution in [2.75, 3.05) is 0 Å². The monoisotopic (exact) mass is 236 g/mol. The largest absolute Gasteiger partial charge is 0.319 e. The van der Waals surface area contributed by atoms with Crippen LogP contribution in [0.15, 0.2) is 53.3 Å². The second-order valence-corrected chi connectivity index (χ2v) is 4.30. The number of hydrogen-bond donors (Lipinski definition) is 1. The van der Waals surface area contributed by atoms with Gasteiger partial charge in [0, 0.05) is 5.56 Å². The van der Waals surface area contributed by atoms with E-state index < -0.39 is 0 Å². The fourth-order valence-electron chi connectivity index (χ4n) is 2.02. The van der Waals surface area contributed by atoms with Gasteiger partial charge < -0.3 is 4.98 Å². The molecule has 1 N–H and O–H groups in total. The smallest absolute Gasteiger partial charge is 0.274 e. The predicted molar refractivity (Wildman–Crippen MR) is 72.5 cm³/mol. The molecule has 0 unspecified atom stereocenters. The van der Waals surface area contributed by atoms with Crippen molar-refractivity contribution < 1.29 is 0 Å². The Morgan fingerprint density at radius 2 is 1.89 bits per heavy atom. The van der Waals surface area contributed by atoms with Crippen molar-refractivity contribution in [2.45, 2.75) is 6.92 Å². The molecule has 0 fully saturated rings. The van der Waals surface area contributed by atoms with Gasteiger partial charge in [-0.1, -0.05) is 35.9 Å². The van der Waals surface area contributed by atoms with Crippen molar-refractivity contribution in [1.82, 2.24) is 9.97 Å². The molecule has 18 heavy (non-hydrogen) atoms. The van der Waals surface area contributed by atoms with Crippen molar-refractivity contribution in [3.8, 4) is 11.3 Å². The molecular formula is C15H12N2O. The van der Waals surface area contributed by atoms with Crippen LogP contribution in [-0.4, -0.2) is 9.97 Å². The van der Waals surface area contributed by atoms with E-state index in [1.165, 1.54) is 0 Å². The van der Waals surface area contributed by atoms with Gasteiger partial charge in [0.15, 0.2) is 0 Å². The van der Waals surface area contributed by atoms with Crippen LogP contribution in [0.3, 0.4) is 0 Å². The second-order valence-electron chi connectivity index (χ2n) is 4.30. The molecular weight excluding hydrogens is 224 g/mol. The van der Waals surface area contributed by atoms with Crippen molar-refractivity contribution in [3.05, 3.63) is 64.4 Å². The number of aryl methyl sites for hydroxylation is 1. The maximum absolute atomic E-state index is 12.0. The molecule has 0 aliphatic rings. The molecule has 3 nitrogen and oxygen atoms in total. The summed E-state index contributed by atoms with van der Waals surface area (Å²) in [7, 11) is 0. The quantitative estimate of drug-likeness (QED) is 0.706. The normalized spacial score (nSPS) is 10.7. The van der Waals surface area contributed by atoms with Crippen LogP contribution >= 0.6 is 0 Å². The number of benzene rings is 2. The molecule has 0 atom stereocenters. The molecule has 0 aliphatic carbocycles. The van der Waals surface area contributed by atoms with E-state index >= 15 is 0 Å². The van der Waals surface area contributed by atoms with Crippen LogP contribution in [0.4, 0.5) is 0 Å². The summed E-state index contributed by atoms with van der Waals surface area (Å²) in [4.78, 5) is 19.3. The number of para-hydroxylation sites is 2. The molecule has 3 heteroatoms. The van der Waals surface area contributed by atoms with Crippen LogP contribution in [0.25, 0.3) is 22.3 Å². The summed E-state index contributed by atoms with van der Waals surface area (Å²) in [5, 5.41) is 0. The molecule has 3 rings (SSSR count). The molecule has 3 aromatic rings. The summed E-state index contributed by atoms with van der Waals surface area (Å²) < 4.78 is 0. The van der Waals surface area contributed by atoms with Gasteiger partial charge in [0.1, 0.15) is 5.69 Å². The van der Waals surface area contributed by atoms with Gasteiger partial charge in [0.05, 0.1) is 11.0 Å². The summed E-state index contributed by atoms with van der Waals surface area (Å²) in [6.07, 6.45) is 0. The van der Waals surface area contributed by atoms with E-state index in [4.69, 9.17) is 0 Å². The topological polar surface area (TPSA) is 45.8 Å². The van der Waals surface area contributed by atoms with Crippen molar-refractivity contribution in [1.29, 1.82) is 0 Å². The van der Waals surface area contributed by atoms with Crippen LogP contribution in [0, 0.1) is 6.92 Å². The van der Waals surface area contributed by atoms with Gasteiger partial charge in [-0.3, -0.25) is 4.79 Å². The van der Waals surface area contributed by atoms with E-state index in [-0.39, 0.29) is 5.56 Å². The van der Waals surface area contributed by atoms with Gasteiger partial charge >= 0.3 is 0 Å². The Balaban J connectivity index is 2.29. The average molecular weight is 236 g/mol. The number of nitrogens with one attached hydrogen (secondary N) is 1. The Morgan fingerprint density at radius 1 is 1.06 bits per heavy atom. The zero-order valence-corrected chi connectivity index (χ0v) is 9.97. The molecule has 1 aromatic heterocycles. The summed E-state index contributed by atoms with van der Waals surface area (Å²) in [6.45, 7) is 2.00. The Bertz CT molecular complexity index is 775. The minimum absolute atomic E-state index is 0.153. The van der Waals surface area contributed by atoms with Gasteiger partial charge in [-0.15, -0.1) is 0 Å². The summed E-state index contributed by atoms with van der Waals surface area (Å²) in [5.74, 6) is 0. The lowest BCUT2D eigenvalue weighted by atomic mass is 10.1. The number of H-pyrrole nitrogens is 1. The summed E-state index contributed by atoms with van der Waals surface area (Å²) >= 11 is 0. The molecule has 2 aromatic carbocycles. The lowest BCUT2D eigenvalue weighted by molar-refractivity contribution is 1.22. The van der Waals surface area contributed by atoms with Crippen LogP contribution in [0.2, 0.25) is 0 Å². The molecule has 0 saturated heterocycles. The first kappa shape index (κ1) is 10.7. The van der Waals surface area contributed by atoms with Crippen LogP contribution in [0.1, 0.15) is 5.56 Å². The fraction of sp³-hybridized carbons (Fsp3) is 0.0667. The Hall–Kier alpha value is -2.42. The van der Waals surface area contributed by atoms with Gasteiger partial charge in [0.2, 0.25) is 0 Å². The number of hydrogen-bond acceptors (Lipinski definition) is 2. The first-order valence-corrected chi connectivity index (χ1v) is 5.80. The van der Waals surface area contributed by atoms with Gasteiger partial charge in [-0.25, -0.2) is 4.98 Å². The second kappa shape index (κ2) is 4.11. The molecule has 1 heterocycles. The van der Waals surface area contributed by atoms with E-state index in [1.54, 1.807) is 0 Å². The fourth-order valence-corrected chi connectivity index (χ4v) is 2.02. The van der Waals surface area contributed by atoms with E-state index in [0.29, 0.717) is 5.69 Å². The third-order valence-electron chi connectivity index (χ3n) is 2.89. The highest BCUT2D eigenvalue weighted by molar-refractivity contribution is 5.76. The Kier molecular flexibility index (Phi) is 2.45. The molecule has 0 aliphatic heterocycles. The number of fused-ring (bicyclic) bond motifs is 1. The standard InChI is InChI=1S/C15H12N2O/c1-10-5-4-6-11(9-10)14-15(18)17-13-8-3-2-7-12(13)16-14/h2-9H,1H3,(H,17,18). The minimum atomic E-state index is -0.153. The summed E-state index contributed by atoms with van der Waals surface area (Å²) in [6, 6.07) is 15.3. The minimum Gasteiger partial charge on any atom is -0.319 e. The van der Waals surface area contributed by atoms with Crippen molar-refractivity contribution >= 4 is 11.0 Å². The third kappa shape index (κ3) is 1.80. The van der Waals surface area contributed by atoms with E-state index in [1.807, 2.05) is 55.5 Å². The number of aromatic nitrogens is 2. The Morgan fingerprint density at radius 3 is 2.72 bits per heavy atom. The van der Waals surface area contributed by atoms with Crippen molar-refractivity contribution in [3.63, 3.8) is 0 Å². The molecule has 0 radical (unpaired) electrons. The zero-order chi connectivity index (χ0) is 12.5. The highest BCUT2D eigenvalue weighted by atomic mass is 16.1. The SMILES string of the molecule is Cc1cccc(-c2nc3ccccc3[nH]c2=O)c1. The van der Waals surface area contributed by atoms with Crippen LogP contribution in [0.5, 0.6) is 0 Å². The van der Waals surface area contributed by atoms with Crippen molar-refractivity contribution in [2.24, 2.45) is 0 Å². The highest BCUT2D eigenvalue weighted by Crippen LogP contribution is 2.16. The predicted octanol–water partition coefficient (Wildman–Crippen LogP) is 2.90. The number of rotatable bonds is 1. The lowest BCUT2D eigenvalue weighted by Crippen LogP contribution is -2.11. The first-order chi connectivity index (χ1) is 8.74.